The molecule has 0 saturated heterocycles. The molecule has 3 heteroatoms. The Bertz CT molecular complexity index is 417. The Morgan fingerprint density at radius 3 is 3.00 bits per heavy atom. The summed E-state index contributed by atoms with van der Waals surface area (Å²) in [6, 6.07) is 4.88. The number of rotatable bonds is 1. The van der Waals surface area contributed by atoms with Crippen molar-refractivity contribution in [2.24, 2.45) is 0 Å². The molecule has 0 aliphatic rings. The van der Waals surface area contributed by atoms with E-state index in [2.05, 4.69) is 5.92 Å². The first-order valence-corrected chi connectivity index (χ1v) is 3.32. The Morgan fingerprint density at radius 1 is 1.67 bits per heavy atom. The van der Waals surface area contributed by atoms with Gasteiger partial charge in [0.2, 0.25) is 0 Å². The lowest BCUT2D eigenvalue weighted by atomic mass is 10.3. The van der Waals surface area contributed by atoms with Crippen LogP contribution in [0.4, 0.5) is 0 Å². The van der Waals surface area contributed by atoms with Gasteiger partial charge in [0.25, 0.3) is 5.56 Å². The van der Waals surface area contributed by atoms with E-state index in [0.717, 1.165) is 0 Å². The molecule has 1 aromatic rings. The van der Waals surface area contributed by atoms with Gasteiger partial charge < -0.3 is 4.57 Å². The number of nitriles is 1. The first-order valence-electron chi connectivity index (χ1n) is 3.32. The number of hydrogen-bond donors (Lipinski definition) is 0. The molecule has 0 amide bonds. The molecule has 12 heavy (non-hydrogen) atoms. The number of terminal acetylenes is 1. The summed E-state index contributed by atoms with van der Waals surface area (Å²) in [5, 5.41) is 8.50. The van der Waals surface area contributed by atoms with E-state index in [0.29, 0.717) is 0 Å². The summed E-state index contributed by atoms with van der Waals surface area (Å²) in [6.07, 6.45) is 6.59. The van der Waals surface area contributed by atoms with Gasteiger partial charge in [0.1, 0.15) is 11.6 Å². The van der Waals surface area contributed by atoms with Crippen molar-refractivity contribution in [1.29, 1.82) is 5.26 Å². The molecule has 3 nitrogen and oxygen atoms in total. The molecule has 58 valence electrons. The molecule has 0 saturated carbocycles. The zero-order valence-electron chi connectivity index (χ0n) is 6.32. The molecule has 1 rings (SSSR count). The van der Waals surface area contributed by atoms with E-state index in [-0.39, 0.29) is 17.7 Å². The first kappa shape index (κ1) is 8.10. The second-order valence-electron chi connectivity index (χ2n) is 2.17. The largest absolute Gasteiger partial charge is 0.303 e. The second-order valence-corrected chi connectivity index (χ2v) is 2.17. The molecular formula is C9H6N2O. The highest BCUT2D eigenvalue weighted by Gasteiger charge is 1.98. The monoisotopic (exact) mass is 158 g/mol. The van der Waals surface area contributed by atoms with Crippen molar-refractivity contribution in [2.45, 2.75) is 6.54 Å². The molecule has 0 aliphatic heterocycles. The van der Waals surface area contributed by atoms with Crippen molar-refractivity contribution in [1.82, 2.24) is 4.57 Å². The van der Waals surface area contributed by atoms with Crippen LogP contribution in [0.5, 0.6) is 0 Å². The quantitative estimate of drug-likeness (QED) is 0.554. The molecule has 0 N–H and O–H groups in total. The third-order valence-corrected chi connectivity index (χ3v) is 1.40. The van der Waals surface area contributed by atoms with Crippen LogP contribution in [0.2, 0.25) is 0 Å². The van der Waals surface area contributed by atoms with E-state index in [1.54, 1.807) is 18.3 Å². The van der Waals surface area contributed by atoms with E-state index >= 15 is 0 Å². The van der Waals surface area contributed by atoms with Gasteiger partial charge in [-0.2, -0.15) is 5.26 Å². The van der Waals surface area contributed by atoms with Crippen molar-refractivity contribution in [3.8, 4) is 18.4 Å². The Hall–Kier alpha value is -2.00. The molecule has 0 unspecified atom stereocenters. The maximum absolute atomic E-state index is 11.2. The normalized spacial score (nSPS) is 8.50. The summed E-state index contributed by atoms with van der Waals surface area (Å²) in [4.78, 5) is 11.2. The number of pyridine rings is 1. The summed E-state index contributed by atoms with van der Waals surface area (Å²) in [5.41, 5.74) is -0.217. The van der Waals surface area contributed by atoms with Crippen LogP contribution in [0.25, 0.3) is 0 Å². The summed E-state index contributed by atoms with van der Waals surface area (Å²) in [5.74, 6) is 2.33. The van der Waals surface area contributed by atoms with Gasteiger partial charge in [-0.05, 0) is 12.1 Å². The summed E-state index contributed by atoms with van der Waals surface area (Å²) in [7, 11) is 0. The molecule has 0 spiro atoms. The average molecular weight is 158 g/mol. The van der Waals surface area contributed by atoms with Crippen LogP contribution in [0.1, 0.15) is 5.56 Å². The van der Waals surface area contributed by atoms with Gasteiger partial charge in [-0.3, -0.25) is 4.79 Å². The molecule has 1 heterocycles. The average Bonchev–Trinajstić information content (AvgIpc) is 2.09. The minimum absolute atomic E-state index is 0.118. The van der Waals surface area contributed by atoms with Crippen LogP contribution in [0.3, 0.4) is 0 Å². The van der Waals surface area contributed by atoms with Gasteiger partial charge in [-0.1, -0.05) is 5.92 Å². The molecule has 0 atom stereocenters. The lowest BCUT2D eigenvalue weighted by molar-refractivity contribution is 0.793. The van der Waals surface area contributed by atoms with Crippen LogP contribution in [0, 0.1) is 23.7 Å². The zero-order chi connectivity index (χ0) is 8.97. The smallest absolute Gasteiger partial charge is 0.269 e. The molecule has 0 aromatic carbocycles. The van der Waals surface area contributed by atoms with Gasteiger partial charge in [0.15, 0.2) is 0 Å². The van der Waals surface area contributed by atoms with E-state index in [9.17, 15) is 4.79 Å². The highest BCUT2D eigenvalue weighted by atomic mass is 16.1. The number of hydrogen-bond acceptors (Lipinski definition) is 2. The topological polar surface area (TPSA) is 45.8 Å². The van der Waals surface area contributed by atoms with Crippen molar-refractivity contribution < 1.29 is 0 Å². The van der Waals surface area contributed by atoms with E-state index in [1.807, 2.05) is 0 Å². The minimum atomic E-state index is -0.335. The summed E-state index contributed by atoms with van der Waals surface area (Å²) >= 11 is 0. The Labute approximate surface area is 69.9 Å². The minimum Gasteiger partial charge on any atom is -0.303 e. The standard InChI is InChI=1S/C9H6N2O/c1-2-5-11-6-3-4-8(7-10)9(11)12/h1,3-4,6H,5H2. The van der Waals surface area contributed by atoms with Gasteiger partial charge in [0.05, 0.1) is 6.54 Å². The third-order valence-electron chi connectivity index (χ3n) is 1.40. The van der Waals surface area contributed by atoms with Crippen molar-refractivity contribution >= 4 is 0 Å². The Morgan fingerprint density at radius 2 is 2.42 bits per heavy atom. The highest BCUT2D eigenvalue weighted by Crippen LogP contribution is 1.88. The van der Waals surface area contributed by atoms with Gasteiger partial charge >= 0.3 is 0 Å². The predicted octanol–water partition coefficient (Wildman–Crippen LogP) is 0.353. The van der Waals surface area contributed by atoms with Crippen LogP contribution in [-0.4, -0.2) is 4.57 Å². The lowest BCUT2D eigenvalue weighted by Gasteiger charge is -1.98. The molecular weight excluding hydrogens is 152 g/mol. The number of nitrogens with zero attached hydrogens (tertiary/aromatic N) is 2. The maximum atomic E-state index is 11.2. The fourth-order valence-corrected chi connectivity index (χ4v) is 0.845. The molecule has 1 aromatic heterocycles. The van der Waals surface area contributed by atoms with E-state index in [4.69, 9.17) is 11.7 Å². The van der Waals surface area contributed by atoms with Crippen LogP contribution in [0.15, 0.2) is 23.1 Å². The van der Waals surface area contributed by atoms with E-state index in [1.165, 1.54) is 10.6 Å². The van der Waals surface area contributed by atoms with Crippen molar-refractivity contribution in [3.63, 3.8) is 0 Å². The summed E-state index contributed by atoms with van der Waals surface area (Å²) in [6.45, 7) is 0.203. The number of aromatic nitrogens is 1. The first-order chi connectivity index (χ1) is 5.79. The Kier molecular flexibility index (Phi) is 2.30. The fraction of sp³-hybridized carbons (Fsp3) is 0.111. The molecule has 0 fully saturated rings. The maximum Gasteiger partial charge on any atom is 0.269 e. The molecule has 0 radical (unpaired) electrons. The van der Waals surface area contributed by atoms with E-state index < -0.39 is 0 Å². The van der Waals surface area contributed by atoms with Crippen LogP contribution >= 0.6 is 0 Å². The van der Waals surface area contributed by atoms with Crippen molar-refractivity contribution in [2.75, 3.05) is 0 Å². The molecule has 0 bridgehead atoms. The SMILES string of the molecule is C#CCn1cccc(C#N)c1=O. The van der Waals surface area contributed by atoms with Crippen LogP contribution in [-0.2, 0) is 6.54 Å². The third kappa shape index (κ3) is 1.36. The second kappa shape index (κ2) is 3.41. The van der Waals surface area contributed by atoms with Gasteiger partial charge in [-0.25, -0.2) is 0 Å². The van der Waals surface area contributed by atoms with Crippen molar-refractivity contribution in [3.05, 3.63) is 34.2 Å². The van der Waals surface area contributed by atoms with Gasteiger partial charge in [-0.15, -0.1) is 6.42 Å². The predicted molar refractivity (Wildman–Crippen MR) is 44.3 cm³/mol. The Balaban J connectivity index is 3.28. The molecule has 0 aliphatic carbocycles. The van der Waals surface area contributed by atoms with Crippen LogP contribution < -0.4 is 5.56 Å². The fourth-order valence-electron chi connectivity index (χ4n) is 0.845. The highest BCUT2D eigenvalue weighted by molar-refractivity contribution is 5.25. The summed E-state index contributed by atoms with van der Waals surface area (Å²) < 4.78 is 1.32. The van der Waals surface area contributed by atoms with Gasteiger partial charge in [0, 0.05) is 6.20 Å². The lowest BCUT2D eigenvalue weighted by Crippen LogP contribution is -2.20. The zero-order valence-corrected chi connectivity index (χ0v) is 6.32.